The summed E-state index contributed by atoms with van der Waals surface area (Å²) in [6.07, 6.45) is 0. The number of hydrogen-bond donors (Lipinski definition) is 1. The van der Waals surface area contributed by atoms with E-state index in [0.29, 0.717) is 13.2 Å². The molecule has 1 atom stereocenters. The molecule has 1 aromatic carbocycles. The van der Waals surface area contributed by atoms with Gasteiger partial charge in [0, 0.05) is 10.4 Å². The highest BCUT2D eigenvalue weighted by Crippen LogP contribution is 2.39. The maximum absolute atomic E-state index is 5.80. The average molecular weight is 275 g/mol. The highest BCUT2D eigenvalue weighted by atomic mass is 32.1. The van der Waals surface area contributed by atoms with Crippen LogP contribution in [0.15, 0.2) is 29.6 Å². The van der Waals surface area contributed by atoms with Gasteiger partial charge in [-0.2, -0.15) is 0 Å². The molecule has 2 aromatic rings. The zero-order valence-electron chi connectivity index (χ0n) is 11.1. The first-order valence-corrected chi connectivity index (χ1v) is 7.28. The van der Waals surface area contributed by atoms with Crippen molar-refractivity contribution in [2.75, 3.05) is 20.3 Å². The van der Waals surface area contributed by atoms with E-state index in [-0.39, 0.29) is 6.04 Å². The smallest absolute Gasteiger partial charge is 0.166 e. The molecule has 19 heavy (non-hydrogen) atoms. The van der Waals surface area contributed by atoms with Crippen LogP contribution in [0.25, 0.3) is 0 Å². The molecule has 3 nitrogen and oxygen atoms in total. The predicted molar refractivity (Wildman–Crippen MR) is 77.4 cm³/mol. The topological polar surface area (TPSA) is 30.5 Å². The molecule has 0 spiro atoms. The van der Waals surface area contributed by atoms with Gasteiger partial charge in [0.15, 0.2) is 11.5 Å². The summed E-state index contributed by atoms with van der Waals surface area (Å²) in [6.45, 7) is 3.36. The van der Waals surface area contributed by atoms with Crippen molar-refractivity contribution in [2.45, 2.75) is 13.0 Å². The van der Waals surface area contributed by atoms with Crippen molar-refractivity contribution in [3.8, 4) is 11.5 Å². The first-order valence-electron chi connectivity index (χ1n) is 6.40. The maximum atomic E-state index is 5.80. The lowest BCUT2D eigenvalue weighted by molar-refractivity contribution is 0.169. The SMILES string of the molecule is CNC(c1csc(C)c1)c1cccc2c1OCCO2. The first kappa shape index (κ1) is 12.5. The standard InChI is InChI=1S/C15H17NO2S/c1-10-8-11(9-19-10)14(16-2)12-4-3-5-13-15(12)18-7-6-17-13/h3-5,8-9,14,16H,6-7H2,1-2H3. The molecule has 0 fully saturated rings. The maximum Gasteiger partial charge on any atom is 0.166 e. The number of hydrogen-bond acceptors (Lipinski definition) is 4. The number of para-hydroxylation sites is 1. The first-order chi connectivity index (χ1) is 9.29. The third-order valence-corrected chi connectivity index (χ3v) is 4.16. The summed E-state index contributed by atoms with van der Waals surface area (Å²) < 4.78 is 11.5. The lowest BCUT2D eigenvalue weighted by atomic mass is 9.99. The molecular formula is C15H17NO2S. The van der Waals surface area contributed by atoms with E-state index >= 15 is 0 Å². The minimum atomic E-state index is 0.140. The lowest BCUT2D eigenvalue weighted by Crippen LogP contribution is -2.22. The van der Waals surface area contributed by atoms with E-state index in [1.807, 2.05) is 19.2 Å². The van der Waals surface area contributed by atoms with Crippen LogP contribution in [-0.2, 0) is 0 Å². The van der Waals surface area contributed by atoms with Crippen LogP contribution in [0.2, 0.25) is 0 Å². The molecule has 0 saturated heterocycles. The van der Waals surface area contributed by atoms with E-state index in [2.05, 4.69) is 29.8 Å². The Morgan fingerprint density at radius 3 is 2.84 bits per heavy atom. The third-order valence-electron chi connectivity index (χ3n) is 3.28. The van der Waals surface area contributed by atoms with E-state index < -0.39 is 0 Å². The van der Waals surface area contributed by atoms with Gasteiger partial charge < -0.3 is 14.8 Å². The van der Waals surface area contributed by atoms with Crippen molar-refractivity contribution in [1.82, 2.24) is 5.32 Å². The van der Waals surface area contributed by atoms with Crippen LogP contribution >= 0.6 is 11.3 Å². The van der Waals surface area contributed by atoms with Crippen LogP contribution in [0.4, 0.5) is 0 Å². The minimum Gasteiger partial charge on any atom is -0.486 e. The molecule has 1 aliphatic rings. The second-order valence-corrected chi connectivity index (χ2v) is 5.70. The largest absolute Gasteiger partial charge is 0.486 e. The second kappa shape index (κ2) is 5.23. The van der Waals surface area contributed by atoms with Gasteiger partial charge >= 0.3 is 0 Å². The van der Waals surface area contributed by atoms with Gasteiger partial charge in [0.2, 0.25) is 0 Å². The van der Waals surface area contributed by atoms with Crippen molar-refractivity contribution in [3.05, 3.63) is 45.6 Å². The molecule has 3 rings (SSSR count). The van der Waals surface area contributed by atoms with Gasteiger partial charge in [0.1, 0.15) is 13.2 Å². The van der Waals surface area contributed by atoms with Crippen LogP contribution in [0, 0.1) is 6.92 Å². The molecule has 0 bridgehead atoms. The van der Waals surface area contributed by atoms with Gasteiger partial charge in [0.25, 0.3) is 0 Å². The zero-order valence-corrected chi connectivity index (χ0v) is 11.9. The van der Waals surface area contributed by atoms with Gasteiger partial charge in [-0.1, -0.05) is 12.1 Å². The average Bonchev–Trinajstić information content (AvgIpc) is 2.86. The summed E-state index contributed by atoms with van der Waals surface area (Å²) in [6, 6.07) is 8.44. The summed E-state index contributed by atoms with van der Waals surface area (Å²) in [7, 11) is 1.97. The van der Waals surface area contributed by atoms with Crippen LogP contribution < -0.4 is 14.8 Å². The Hall–Kier alpha value is -1.52. The Balaban J connectivity index is 2.04. The van der Waals surface area contributed by atoms with Crippen LogP contribution in [0.5, 0.6) is 11.5 Å². The van der Waals surface area contributed by atoms with E-state index in [1.54, 1.807) is 11.3 Å². The molecular weight excluding hydrogens is 258 g/mol. The molecule has 1 aliphatic heterocycles. The Morgan fingerprint density at radius 1 is 1.26 bits per heavy atom. The highest BCUT2D eigenvalue weighted by Gasteiger charge is 2.22. The molecule has 1 unspecified atom stereocenters. The quantitative estimate of drug-likeness (QED) is 0.933. The van der Waals surface area contributed by atoms with E-state index in [4.69, 9.17) is 9.47 Å². The number of thiophene rings is 1. The lowest BCUT2D eigenvalue weighted by Gasteiger charge is -2.24. The van der Waals surface area contributed by atoms with Crippen molar-refractivity contribution in [3.63, 3.8) is 0 Å². The number of ether oxygens (including phenoxy) is 2. The number of nitrogens with one attached hydrogen (secondary N) is 1. The second-order valence-electron chi connectivity index (χ2n) is 4.58. The fourth-order valence-corrected chi connectivity index (χ4v) is 3.17. The Labute approximate surface area is 117 Å². The molecule has 0 aliphatic carbocycles. The molecule has 0 radical (unpaired) electrons. The number of aryl methyl sites for hydroxylation is 1. The Kier molecular flexibility index (Phi) is 3.44. The molecule has 2 heterocycles. The summed E-state index contributed by atoms with van der Waals surface area (Å²) in [5, 5.41) is 5.56. The normalized spacial score (nSPS) is 15.3. The predicted octanol–water partition coefficient (Wildman–Crippen LogP) is 3.14. The monoisotopic (exact) mass is 275 g/mol. The summed E-state index contributed by atoms with van der Waals surface area (Å²) in [5.41, 5.74) is 2.41. The van der Waals surface area contributed by atoms with Crippen LogP contribution in [0.1, 0.15) is 22.0 Å². The Bertz CT molecular complexity index is 579. The fourth-order valence-electron chi connectivity index (χ4n) is 2.44. The highest BCUT2D eigenvalue weighted by molar-refractivity contribution is 7.10. The third kappa shape index (κ3) is 2.33. The van der Waals surface area contributed by atoms with Crippen molar-refractivity contribution < 1.29 is 9.47 Å². The Morgan fingerprint density at radius 2 is 2.11 bits per heavy atom. The van der Waals surface area contributed by atoms with Gasteiger partial charge in [-0.15, -0.1) is 11.3 Å². The number of fused-ring (bicyclic) bond motifs is 1. The molecule has 0 saturated carbocycles. The van der Waals surface area contributed by atoms with E-state index in [9.17, 15) is 0 Å². The number of rotatable bonds is 3. The summed E-state index contributed by atoms with van der Waals surface area (Å²) >= 11 is 1.77. The van der Waals surface area contributed by atoms with Crippen molar-refractivity contribution in [2.24, 2.45) is 0 Å². The minimum absolute atomic E-state index is 0.140. The van der Waals surface area contributed by atoms with Crippen LogP contribution in [-0.4, -0.2) is 20.3 Å². The number of benzene rings is 1. The summed E-state index contributed by atoms with van der Waals surface area (Å²) in [4.78, 5) is 1.32. The molecule has 1 aromatic heterocycles. The van der Waals surface area contributed by atoms with E-state index in [0.717, 1.165) is 17.1 Å². The van der Waals surface area contributed by atoms with Gasteiger partial charge in [0.05, 0.1) is 6.04 Å². The molecule has 1 N–H and O–H groups in total. The van der Waals surface area contributed by atoms with Gasteiger partial charge in [-0.3, -0.25) is 0 Å². The molecule has 100 valence electrons. The molecule has 4 heteroatoms. The molecule has 0 amide bonds. The van der Waals surface area contributed by atoms with Crippen LogP contribution in [0.3, 0.4) is 0 Å². The zero-order chi connectivity index (χ0) is 13.2. The summed E-state index contributed by atoms with van der Waals surface area (Å²) in [5.74, 6) is 1.72. The van der Waals surface area contributed by atoms with Gasteiger partial charge in [-0.25, -0.2) is 0 Å². The van der Waals surface area contributed by atoms with Crippen molar-refractivity contribution >= 4 is 11.3 Å². The van der Waals surface area contributed by atoms with E-state index in [1.165, 1.54) is 10.4 Å². The van der Waals surface area contributed by atoms with Gasteiger partial charge in [-0.05, 0) is 37.0 Å². The van der Waals surface area contributed by atoms with Crippen molar-refractivity contribution in [1.29, 1.82) is 0 Å². The fraction of sp³-hybridized carbons (Fsp3) is 0.333.